The minimum absolute atomic E-state index is 0.0938. The van der Waals surface area contributed by atoms with Gasteiger partial charge in [0, 0.05) is 10.2 Å². The molecule has 2 atom stereocenters. The van der Waals surface area contributed by atoms with Crippen LogP contribution < -0.4 is 15.5 Å². The molecule has 0 radical (unpaired) electrons. The van der Waals surface area contributed by atoms with Crippen molar-refractivity contribution >= 4 is 39.3 Å². The van der Waals surface area contributed by atoms with Gasteiger partial charge in [-0.3, -0.25) is 4.79 Å². The highest BCUT2D eigenvalue weighted by atomic mass is 79.9. The Morgan fingerprint density at radius 2 is 2.00 bits per heavy atom. The van der Waals surface area contributed by atoms with Gasteiger partial charge in [-0.1, -0.05) is 39.8 Å². The molecule has 3 aromatic rings. The molecule has 1 amide bonds. The summed E-state index contributed by atoms with van der Waals surface area (Å²) in [5, 5.41) is 11.7. The lowest BCUT2D eigenvalue weighted by Crippen LogP contribution is -2.41. The van der Waals surface area contributed by atoms with Gasteiger partial charge in [-0.15, -0.1) is 10.2 Å². The number of thioether (sulfide) groups is 1. The molecule has 4 rings (SSSR count). The zero-order chi connectivity index (χ0) is 21.3. The standard InChI is InChI=1S/C21H22BrN5O2S/c1-4-29-16-8-5-14(6-9-16)18-19(30-21-25-24-13(3)27(21)26-18)20(28)23-17-10-7-15(22)11-12(17)2/h5-11,18-19,26H,4H2,1-3H3,(H,23,28). The first kappa shape index (κ1) is 20.7. The van der Waals surface area contributed by atoms with Crippen LogP contribution in [0.3, 0.4) is 0 Å². The van der Waals surface area contributed by atoms with Crippen molar-refractivity contribution in [3.05, 3.63) is 63.9 Å². The fourth-order valence-electron chi connectivity index (χ4n) is 3.32. The monoisotopic (exact) mass is 487 g/mol. The maximum atomic E-state index is 13.3. The Hall–Kier alpha value is -2.52. The number of hydrogen-bond donors (Lipinski definition) is 2. The predicted octanol–water partition coefficient (Wildman–Crippen LogP) is 4.45. The molecule has 2 heterocycles. The first-order valence-electron chi connectivity index (χ1n) is 9.61. The largest absolute Gasteiger partial charge is 0.494 e. The van der Waals surface area contributed by atoms with Crippen LogP contribution in [0, 0.1) is 13.8 Å². The number of hydrogen-bond acceptors (Lipinski definition) is 6. The third kappa shape index (κ3) is 4.17. The number of aromatic nitrogens is 3. The van der Waals surface area contributed by atoms with Crippen LogP contribution in [0.15, 0.2) is 52.1 Å². The highest BCUT2D eigenvalue weighted by Gasteiger charge is 2.37. The molecule has 2 N–H and O–H groups in total. The van der Waals surface area contributed by atoms with Crippen molar-refractivity contribution in [3.63, 3.8) is 0 Å². The summed E-state index contributed by atoms with van der Waals surface area (Å²) in [6.07, 6.45) is 0. The van der Waals surface area contributed by atoms with Gasteiger partial charge < -0.3 is 15.5 Å². The highest BCUT2D eigenvalue weighted by molar-refractivity contribution is 9.10. The average molecular weight is 488 g/mol. The van der Waals surface area contributed by atoms with Crippen molar-refractivity contribution in [2.24, 2.45) is 0 Å². The lowest BCUT2D eigenvalue weighted by atomic mass is 10.0. The second-order valence-electron chi connectivity index (χ2n) is 6.96. The summed E-state index contributed by atoms with van der Waals surface area (Å²) < 4.78 is 8.36. The molecule has 1 aromatic heterocycles. The second kappa shape index (κ2) is 8.69. The van der Waals surface area contributed by atoms with Gasteiger partial charge in [0.25, 0.3) is 0 Å². The Morgan fingerprint density at radius 3 is 2.70 bits per heavy atom. The molecule has 0 saturated heterocycles. The second-order valence-corrected chi connectivity index (χ2v) is 8.99. The molecule has 0 bridgehead atoms. The van der Waals surface area contributed by atoms with Gasteiger partial charge in [-0.05, 0) is 62.2 Å². The summed E-state index contributed by atoms with van der Waals surface area (Å²) in [4.78, 5) is 13.3. The first-order valence-corrected chi connectivity index (χ1v) is 11.3. The van der Waals surface area contributed by atoms with Crippen molar-refractivity contribution in [1.82, 2.24) is 14.9 Å². The molecule has 9 heteroatoms. The molecule has 0 saturated carbocycles. The fraction of sp³-hybridized carbons (Fsp3) is 0.286. The van der Waals surface area contributed by atoms with Gasteiger partial charge in [0.1, 0.15) is 16.8 Å². The molecular formula is C21H22BrN5O2S. The van der Waals surface area contributed by atoms with Crippen LogP contribution in [0.4, 0.5) is 5.69 Å². The van der Waals surface area contributed by atoms with Gasteiger partial charge in [0.2, 0.25) is 11.1 Å². The normalized spacial score (nSPS) is 17.7. The van der Waals surface area contributed by atoms with E-state index < -0.39 is 5.25 Å². The Bertz CT molecular complexity index is 1070. The average Bonchev–Trinajstić information content (AvgIpc) is 3.10. The molecule has 156 valence electrons. The van der Waals surface area contributed by atoms with Gasteiger partial charge in [0.15, 0.2) is 0 Å². The number of anilines is 1. The molecule has 1 aliphatic heterocycles. The molecule has 30 heavy (non-hydrogen) atoms. The zero-order valence-corrected chi connectivity index (χ0v) is 19.3. The topological polar surface area (TPSA) is 81.1 Å². The Labute approximate surface area is 187 Å². The highest BCUT2D eigenvalue weighted by Crippen LogP contribution is 2.38. The summed E-state index contributed by atoms with van der Waals surface area (Å²) >= 11 is 4.87. The van der Waals surface area contributed by atoms with Crippen LogP contribution in [-0.4, -0.2) is 32.6 Å². The Balaban J connectivity index is 1.64. The summed E-state index contributed by atoms with van der Waals surface area (Å²) in [5.74, 6) is 1.46. The number of amides is 1. The minimum Gasteiger partial charge on any atom is -0.494 e. The number of ether oxygens (including phenoxy) is 1. The maximum Gasteiger partial charge on any atom is 0.240 e. The zero-order valence-electron chi connectivity index (χ0n) is 16.8. The van der Waals surface area contributed by atoms with Gasteiger partial charge in [-0.2, -0.15) is 0 Å². The van der Waals surface area contributed by atoms with Crippen molar-refractivity contribution in [1.29, 1.82) is 0 Å². The lowest BCUT2D eigenvalue weighted by molar-refractivity contribution is -0.116. The van der Waals surface area contributed by atoms with Crippen molar-refractivity contribution in [2.75, 3.05) is 17.3 Å². The number of nitrogens with zero attached hydrogens (tertiary/aromatic N) is 3. The van der Waals surface area contributed by atoms with Gasteiger partial charge in [0.05, 0.1) is 12.6 Å². The number of carbonyl (C=O) groups excluding carboxylic acids is 1. The summed E-state index contributed by atoms with van der Waals surface area (Å²) in [6.45, 7) is 6.41. The van der Waals surface area contributed by atoms with Crippen LogP contribution in [-0.2, 0) is 4.79 Å². The van der Waals surface area contributed by atoms with E-state index in [1.807, 2.05) is 67.9 Å². The fourth-order valence-corrected chi connectivity index (χ4v) is 4.92. The van der Waals surface area contributed by atoms with Crippen LogP contribution in [0.1, 0.15) is 29.9 Å². The summed E-state index contributed by atoms with van der Waals surface area (Å²) in [5.41, 5.74) is 6.18. The van der Waals surface area contributed by atoms with Crippen LogP contribution in [0.2, 0.25) is 0 Å². The molecule has 0 spiro atoms. The molecule has 7 nitrogen and oxygen atoms in total. The maximum absolute atomic E-state index is 13.3. The quantitative estimate of drug-likeness (QED) is 0.552. The van der Waals surface area contributed by atoms with Crippen molar-refractivity contribution in [3.8, 4) is 5.75 Å². The van der Waals surface area contributed by atoms with E-state index in [1.54, 1.807) is 0 Å². The van der Waals surface area contributed by atoms with Crippen molar-refractivity contribution < 1.29 is 9.53 Å². The summed E-state index contributed by atoms with van der Waals surface area (Å²) in [6, 6.07) is 13.4. The van der Waals surface area contributed by atoms with E-state index in [-0.39, 0.29) is 11.9 Å². The molecule has 0 fully saturated rings. The number of aryl methyl sites for hydroxylation is 2. The third-order valence-electron chi connectivity index (χ3n) is 4.85. The number of benzene rings is 2. The van der Waals surface area contributed by atoms with E-state index >= 15 is 0 Å². The molecular weight excluding hydrogens is 466 g/mol. The van der Waals surface area contributed by atoms with Gasteiger partial charge in [-0.25, -0.2) is 4.68 Å². The first-order chi connectivity index (χ1) is 14.5. The van der Waals surface area contributed by atoms with E-state index in [4.69, 9.17) is 4.74 Å². The van der Waals surface area contributed by atoms with Crippen LogP contribution >= 0.6 is 27.7 Å². The predicted molar refractivity (Wildman–Crippen MR) is 122 cm³/mol. The number of nitrogens with one attached hydrogen (secondary N) is 2. The van der Waals surface area contributed by atoms with E-state index in [0.29, 0.717) is 11.8 Å². The Morgan fingerprint density at radius 1 is 1.23 bits per heavy atom. The van der Waals surface area contributed by atoms with Crippen molar-refractivity contribution in [2.45, 2.75) is 37.2 Å². The number of rotatable bonds is 5. The van der Waals surface area contributed by atoms with Crippen LogP contribution in [0.5, 0.6) is 5.75 Å². The minimum atomic E-state index is -0.429. The number of halogens is 1. The smallest absolute Gasteiger partial charge is 0.240 e. The molecule has 2 unspecified atom stereocenters. The molecule has 1 aliphatic rings. The molecule has 2 aromatic carbocycles. The third-order valence-corrected chi connectivity index (χ3v) is 6.56. The summed E-state index contributed by atoms with van der Waals surface area (Å²) in [7, 11) is 0. The van der Waals surface area contributed by atoms with Crippen LogP contribution in [0.25, 0.3) is 0 Å². The Kier molecular flexibility index (Phi) is 6.01. The van der Waals surface area contributed by atoms with E-state index in [9.17, 15) is 4.79 Å². The van der Waals surface area contributed by atoms with E-state index in [2.05, 4.69) is 36.9 Å². The lowest BCUT2D eigenvalue weighted by Gasteiger charge is -2.33. The number of carbonyl (C=O) groups is 1. The van der Waals surface area contributed by atoms with E-state index in [0.717, 1.165) is 32.9 Å². The SMILES string of the molecule is CCOc1ccc(C2Nn3c(C)nnc3SC2C(=O)Nc2ccc(Br)cc2C)cc1. The van der Waals surface area contributed by atoms with E-state index in [1.165, 1.54) is 11.8 Å². The number of fused-ring (bicyclic) bond motifs is 1. The van der Waals surface area contributed by atoms with Gasteiger partial charge >= 0.3 is 0 Å². The molecule has 0 aliphatic carbocycles.